The van der Waals surface area contributed by atoms with E-state index in [1.54, 1.807) is 22.7 Å². The number of aryl methyl sites for hydroxylation is 1. The molecule has 2 aromatic rings. The number of benzene rings is 1. The lowest BCUT2D eigenvalue weighted by molar-refractivity contribution is -0.138. The highest BCUT2D eigenvalue weighted by Crippen LogP contribution is 2.24. The van der Waals surface area contributed by atoms with Gasteiger partial charge in [-0.3, -0.25) is 14.6 Å². The first kappa shape index (κ1) is 15.8. The van der Waals surface area contributed by atoms with E-state index in [1.165, 1.54) is 0 Å². The first-order chi connectivity index (χ1) is 11.1. The van der Waals surface area contributed by atoms with Gasteiger partial charge in [-0.05, 0) is 19.1 Å². The van der Waals surface area contributed by atoms with Crippen molar-refractivity contribution in [3.05, 3.63) is 41.6 Å². The summed E-state index contributed by atoms with van der Waals surface area (Å²) < 4.78 is 0. The van der Waals surface area contributed by atoms with Crippen molar-refractivity contribution in [2.75, 3.05) is 18.1 Å². The second-order valence-electron chi connectivity index (χ2n) is 5.66. The smallest absolute Gasteiger partial charge is 0.305 e. The number of carboxylic acid groups (broad SMARTS) is 1. The van der Waals surface area contributed by atoms with Crippen molar-refractivity contribution in [2.45, 2.75) is 19.4 Å². The van der Waals surface area contributed by atoms with E-state index < -0.39 is 5.97 Å². The Morgan fingerprint density at radius 1 is 1.35 bits per heavy atom. The number of fused-ring (bicyclic) bond motifs is 1. The number of amides is 1. The molecule has 1 fully saturated rings. The highest BCUT2D eigenvalue weighted by Gasteiger charge is 2.30. The number of aliphatic carboxylic acids is 1. The van der Waals surface area contributed by atoms with Crippen LogP contribution < -0.4 is 0 Å². The van der Waals surface area contributed by atoms with Crippen molar-refractivity contribution in [2.24, 2.45) is 0 Å². The molecule has 1 saturated heterocycles. The minimum Gasteiger partial charge on any atom is -0.481 e. The number of aromatic nitrogens is 1. The van der Waals surface area contributed by atoms with Gasteiger partial charge in [0.15, 0.2) is 0 Å². The maximum atomic E-state index is 13.0. The molecular weight excluding hydrogens is 312 g/mol. The zero-order chi connectivity index (χ0) is 16.4. The van der Waals surface area contributed by atoms with E-state index in [4.69, 9.17) is 5.11 Å². The SMILES string of the molecule is Cc1ccc2cccc(C(=O)N3CCSCC3CC(=O)O)c2n1. The standard InChI is InChI=1S/C17H18N2O3S/c1-11-5-6-12-3-2-4-14(16(12)18-11)17(22)19-7-8-23-10-13(19)9-15(20)21/h2-6,13H,7-10H2,1H3,(H,20,21). The molecule has 1 atom stereocenters. The van der Waals surface area contributed by atoms with Gasteiger partial charge in [0.2, 0.25) is 0 Å². The van der Waals surface area contributed by atoms with Gasteiger partial charge in [0.05, 0.1) is 23.5 Å². The van der Waals surface area contributed by atoms with Crippen molar-refractivity contribution < 1.29 is 14.7 Å². The van der Waals surface area contributed by atoms with Crippen LogP contribution in [0.15, 0.2) is 30.3 Å². The number of nitrogens with zero attached hydrogens (tertiary/aromatic N) is 2. The lowest BCUT2D eigenvalue weighted by Gasteiger charge is -2.34. The van der Waals surface area contributed by atoms with Gasteiger partial charge in [-0.25, -0.2) is 0 Å². The average Bonchev–Trinajstić information content (AvgIpc) is 2.53. The minimum atomic E-state index is -0.873. The quantitative estimate of drug-likeness (QED) is 0.936. The summed E-state index contributed by atoms with van der Waals surface area (Å²) in [6.07, 6.45) is -0.0179. The van der Waals surface area contributed by atoms with Crippen molar-refractivity contribution in [3.63, 3.8) is 0 Å². The average molecular weight is 330 g/mol. The van der Waals surface area contributed by atoms with Crippen molar-refractivity contribution in [1.29, 1.82) is 0 Å². The fourth-order valence-corrected chi connectivity index (χ4v) is 3.93. The second kappa shape index (κ2) is 6.58. The maximum Gasteiger partial charge on any atom is 0.305 e. The lowest BCUT2D eigenvalue weighted by Crippen LogP contribution is -2.47. The summed E-state index contributed by atoms with van der Waals surface area (Å²) in [5.41, 5.74) is 2.09. The van der Waals surface area contributed by atoms with Crippen LogP contribution in [0.1, 0.15) is 22.5 Å². The van der Waals surface area contributed by atoms with Crippen LogP contribution in [0, 0.1) is 6.92 Å². The summed E-state index contributed by atoms with van der Waals surface area (Å²) in [6.45, 7) is 2.47. The summed E-state index contributed by atoms with van der Waals surface area (Å²) in [6, 6.07) is 9.16. The van der Waals surface area contributed by atoms with Gasteiger partial charge < -0.3 is 10.0 Å². The molecular formula is C17H18N2O3S. The molecule has 2 heterocycles. The lowest BCUT2D eigenvalue weighted by atomic mass is 10.1. The number of rotatable bonds is 3. The highest BCUT2D eigenvalue weighted by molar-refractivity contribution is 7.99. The van der Waals surface area contributed by atoms with E-state index in [2.05, 4.69) is 4.98 Å². The van der Waals surface area contributed by atoms with Gasteiger partial charge in [-0.2, -0.15) is 11.8 Å². The van der Waals surface area contributed by atoms with E-state index in [9.17, 15) is 9.59 Å². The van der Waals surface area contributed by atoms with Gasteiger partial charge in [-0.1, -0.05) is 18.2 Å². The molecule has 120 valence electrons. The van der Waals surface area contributed by atoms with Crippen LogP contribution >= 0.6 is 11.8 Å². The second-order valence-corrected chi connectivity index (χ2v) is 6.80. The van der Waals surface area contributed by atoms with Crippen molar-refractivity contribution >= 4 is 34.5 Å². The molecule has 1 aromatic carbocycles. The zero-order valence-electron chi connectivity index (χ0n) is 12.9. The third-order valence-corrected chi connectivity index (χ3v) is 5.08. The van der Waals surface area contributed by atoms with Crippen molar-refractivity contribution in [1.82, 2.24) is 9.88 Å². The fraction of sp³-hybridized carbons (Fsp3) is 0.353. The molecule has 1 aliphatic heterocycles. The van der Waals surface area contributed by atoms with Crippen LogP contribution in [0.25, 0.3) is 10.9 Å². The van der Waals surface area contributed by atoms with E-state index in [0.717, 1.165) is 16.8 Å². The number of para-hydroxylation sites is 1. The normalized spacial score (nSPS) is 18.1. The zero-order valence-corrected chi connectivity index (χ0v) is 13.7. The Hall–Kier alpha value is -2.08. The summed E-state index contributed by atoms with van der Waals surface area (Å²) in [4.78, 5) is 30.3. The molecule has 6 heteroatoms. The third kappa shape index (κ3) is 3.32. The maximum absolute atomic E-state index is 13.0. The molecule has 23 heavy (non-hydrogen) atoms. The van der Waals surface area contributed by atoms with Crippen LogP contribution in [-0.2, 0) is 4.79 Å². The summed E-state index contributed by atoms with van der Waals surface area (Å²) >= 11 is 1.69. The van der Waals surface area contributed by atoms with Gasteiger partial charge in [0, 0.05) is 29.1 Å². The molecule has 0 bridgehead atoms. The minimum absolute atomic E-state index is 0.0179. The summed E-state index contributed by atoms with van der Waals surface area (Å²) in [5.74, 6) is 0.497. The van der Waals surface area contributed by atoms with Gasteiger partial charge in [-0.15, -0.1) is 0 Å². The van der Waals surface area contributed by atoms with E-state index in [0.29, 0.717) is 23.4 Å². The fourth-order valence-electron chi connectivity index (χ4n) is 2.86. The van der Waals surface area contributed by atoms with Gasteiger partial charge >= 0.3 is 5.97 Å². The largest absolute Gasteiger partial charge is 0.481 e. The first-order valence-corrected chi connectivity index (χ1v) is 8.68. The number of thioether (sulfide) groups is 1. The Morgan fingerprint density at radius 3 is 2.96 bits per heavy atom. The van der Waals surface area contributed by atoms with E-state index in [1.807, 2.05) is 31.2 Å². The molecule has 1 aliphatic rings. The number of pyridine rings is 1. The van der Waals surface area contributed by atoms with E-state index >= 15 is 0 Å². The Balaban J connectivity index is 1.98. The molecule has 1 unspecified atom stereocenters. The summed E-state index contributed by atoms with van der Waals surface area (Å²) in [5, 5.41) is 10.0. The highest BCUT2D eigenvalue weighted by atomic mass is 32.2. The molecule has 1 amide bonds. The topological polar surface area (TPSA) is 70.5 Å². The number of hydrogen-bond donors (Lipinski definition) is 1. The Kier molecular flexibility index (Phi) is 4.52. The molecule has 0 spiro atoms. The first-order valence-electron chi connectivity index (χ1n) is 7.53. The molecule has 3 rings (SSSR count). The molecule has 5 nitrogen and oxygen atoms in total. The van der Waals surface area contributed by atoms with Crippen LogP contribution in [0.4, 0.5) is 0 Å². The van der Waals surface area contributed by atoms with E-state index in [-0.39, 0.29) is 18.4 Å². The van der Waals surface area contributed by atoms with Crippen LogP contribution in [-0.4, -0.2) is 51.0 Å². The third-order valence-electron chi connectivity index (χ3n) is 3.99. The predicted molar refractivity (Wildman–Crippen MR) is 90.9 cm³/mol. The predicted octanol–water partition coefficient (Wildman–Crippen LogP) is 2.58. The molecule has 0 aliphatic carbocycles. The molecule has 1 aromatic heterocycles. The van der Waals surface area contributed by atoms with Crippen molar-refractivity contribution in [3.8, 4) is 0 Å². The van der Waals surface area contributed by atoms with Crippen LogP contribution in [0.3, 0.4) is 0 Å². The van der Waals surface area contributed by atoms with Gasteiger partial charge in [0.25, 0.3) is 5.91 Å². The Bertz CT molecular complexity index is 763. The number of carbonyl (C=O) groups excluding carboxylic acids is 1. The monoisotopic (exact) mass is 330 g/mol. The van der Waals surface area contributed by atoms with Crippen LogP contribution in [0.2, 0.25) is 0 Å². The number of carboxylic acids is 1. The number of hydrogen-bond acceptors (Lipinski definition) is 4. The summed E-state index contributed by atoms with van der Waals surface area (Å²) in [7, 11) is 0. The Morgan fingerprint density at radius 2 is 2.17 bits per heavy atom. The van der Waals surface area contributed by atoms with Crippen LogP contribution in [0.5, 0.6) is 0 Å². The molecule has 0 radical (unpaired) electrons. The number of carbonyl (C=O) groups is 2. The molecule has 0 saturated carbocycles. The molecule has 1 N–H and O–H groups in total. The Labute approximate surface area is 138 Å². The van der Waals surface area contributed by atoms with Gasteiger partial charge in [0.1, 0.15) is 0 Å².